The van der Waals surface area contributed by atoms with E-state index in [-0.39, 0.29) is 49.9 Å². The van der Waals surface area contributed by atoms with Crippen LogP contribution in [0.15, 0.2) is 103 Å². The van der Waals surface area contributed by atoms with Gasteiger partial charge in [0.05, 0.1) is 24.5 Å². The highest BCUT2D eigenvalue weighted by Crippen LogP contribution is 2.22. The van der Waals surface area contributed by atoms with Crippen LogP contribution in [-0.2, 0) is 38.5 Å². The highest BCUT2D eigenvalue weighted by molar-refractivity contribution is 5.87. The Morgan fingerprint density at radius 2 is 1.51 bits per heavy atom. The average molecular weight is 608 g/mol. The molecule has 1 aromatic heterocycles. The first-order chi connectivity index (χ1) is 22.0. The molecule has 5 rings (SSSR count). The van der Waals surface area contributed by atoms with Gasteiger partial charge in [0.15, 0.2) is 0 Å². The normalized spacial score (nSPS) is 19.3. The predicted octanol–water partition coefficient (Wildman–Crippen LogP) is 4.97. The molecule has 2 heterocycles. The molecule has 3 aromatic carbocycles. The lowest BCUT2D eigenvalue weighted by atomic mass is 9.94. The SMILES string of the molecule is O=C1N[C@@H](Cc2c[nH]c3ccccc23)COC(=O)[C@@H](Cc2ccccc2)CC=CC[C@@H]1CC(=O)N(CCO)Cc1ccccc1. The van der Waals surface area contributed by atoms with Gasteiger partial charge >= 0.3 is 5.97 Å². The molecule has 0 spiro atoms. The van der Waals surface area contributed by atoms with Crippen LogP contribution < -0.4 is 5.32 Å². The maximum atomic E-state index is 13.8. The number of carbonyl (C=O) groups excluding carboxylic acids is 3. The summed E-state index contributed by atoms with van der Waals surface area (Å²) in [7, 11) is 0. The molecule has 0 bridgehead atoms. The predicted molar refractivity (Wildman–Crippen MR) is 174 cm³/mol. The number of carbonyl (C=O) groups is 3. The van der Waals surface area contributed by atoms with Gasteiger partial charge in [0.1, 0.15) is 6.61 Å². The fraction of sp³-hybridized carbons (Fsp3) is 0.324. The molecule has 0 saturated heterocycles. The van der Waals surface area contributed by atoms with Gasteiger partial charge in [-0.15, -0.1) is 0 Å². The Bertz CT molecular complexity index is 1580. The first-order valence-corrected chi connectivity index (χ1v) is 15.6. The van der Waals surface area contributed by atoms with Crippen molar-refractivity contribution < 1.29 is 24.2 Å². The molecule has 234 valence electrons. The first-order valence-electron chi connectivity index (χ1n) is 15.6. The average Bonchev–Trinajstić information content (AvgIpc) is 3.47. The standard InChI is InChI=1S/C37H41N3O5/c41-20-19-40(25-28-13-5-2-6-14-28)35(42)23-29-15-7-8-16-30(21-27-11-3-1-4-12-27)37(44)45-26-32(39-36(29)43)22-31-24-38-34-18-10-9-17-33(31)34/h1-14,17-18,24,29-30,32,38,41H,15-16,19-23,25-26H2,(H,39,43)/t29-,30-,32+/m1/s1. The summed E-state index contributed by atoms with van der Waals surface area (Å²) in [4.78, 5) is 45.5. The minimum atomic E-state index is -0.626. The number of aromatic amines is 1. The molecule has 3 atom stereocenters. The summed E-state index contributed by atoms with van der Waals surface area (Å²) >= 11 is 0. The molecular weight excluding hydrogens is 566 g/mol. The Morgan fingerprint density at radius 3 is 2.24 bits per heavy atom. The minimum Gasteiger partial charge on any atom is -0.463 e. The van der Waals surface area contributed by atoms with Gasteiger partial charge in [-0.05, 0) is 48.4 Å². The number of aliphatic hydroxyl groups excluding tert-OH is 1. The number of aromatic nitrogens is 1. The second kappa shape index (κ2) is 15.9. The fourth-order valence-electron chi connectivity index (χ4n) is 5.86. The van der Waals surface area contributed by atoms with Gasteiger partial charge in [0.25, 0.3) is 0 Å². The second-order valence-corrected chi connectivity index (χ2v) is 11.7. The lowest BCUT2D eigenvalue weighted by Crippen LogP contribution is -2.45. The van der Waals surface area contributed by atoms with Gasteiger partial charge in [-0.2, -0.15) is 0 Å². The molecule has 0 saturated carbocycles. The summed E-state index contributed by atoms with van der Waals surface area (Å²) < 4.78 is 5.87. The van der Waals surface area contributed by atoms with Crippen LogP contribution in [0.1, 0.15) is 36.0 Å². The lowest BCUT2D eigenvalue weighted by Gasteiger charge is -2.26. The van der Waals surface area contributed by atoms with Crippen LogP contribution in [0.4, 0.5) is 0 Å². The van der Waals surface area contributed by atoms with E-state index in [0.717, 1.165) is 27.6 Å². The van der Waals surface area contributed by atoms with Crippen molar-refractivity contribution in [1.29, 1.82) is 0 Å². The van der Waals surface area contributed by atoms with Crippen LogP contribution >= 0.6 is 0 Å². The molecule has 0 radical (unpaired) electrons. The van der Waals surface area contributed by atoms with E-state index in [9.17, 15) is 19.5 Å². The number of benzene rings is 3. The van der Waals surface area contributed by atoms with Crippen molar-refractivity contribution in [1.82, 2.24) is 15.2 Å². The van der Waals surface area contributed by atoms with Crippen molar-refractivity contribution in [2.24, 2.45) is 11.8 Å². The maximum Gasteiger partial charge on any atom is 0.309 e. The number of para-hydroxylation sites is 1. The molecule has 0 aliphatic carbocycles. The summed E-state index contributed by atoms with van der Waals surface area (Å²) in [6.45, 7) is 0.379. The number of nitrogens with zero attached hydrogens (tertiary/aromatic N) is 1. The van der Waals surface area contributed by atoms with Crippen LogP contribution in [0, 0.1) is 11.8 Å². The highest BCUT2D eigenvalue weighted by Gasteiger charge is 2.29. The summed E-state index contributed by atoms with van der Waals surface area (Å²) in [5.41, 5.74) is 3.99. The van der Waals surface area contributed by atoms with Crippen LogP contribution in [0.25, 0.3) is 10.9 Å². The van der Waals surface area contributed by atoms with Gasteiger partial charge in [0, 0.05) is 36.6 Å². The van der Waals surface area contributed by atoms with Crippen molar-refractivity contribution in [3.63, 3.8) is 0 Å². The molecule has 8 nitrogen and oxygen atoms in total. The van der Waals surface area contributed by atoms with E-state index >= 15 is 0 Å². The Labute approximate surface area is 264 Å². The van der Waals surface area contributed by atoms with Crippen molar-refractivity contribution in [2.45, 2.75) is 44.7 Å². The quantitative estimate of drug-likeness (QED) is 0.174. The number of H-pyrrole nitrogens is 1. The van der Waals surface area contributed by atoms with Gasteiger partial charge in [-0.25, -0.2) is 0 Å². The molecular formula is C37H41N3O5. The van der Waals surface area contributed by atoms with E-state index in [0.29, 0.717) is 32.2 Å². The number of nitrogens with one attached hydrogen (secondary N) is 2. The number of cyclic esters (lactones) is 1. The number of hydrogen-bond donors (Lipinski definition) is 3. The summed E-state index contributed by atoms with van der Waals surface area (Å²) in [5.74, 6) is -1.76. The second-order valence-electron chi connectivity index (χ2n) is 11.7. The number of allylic oxidation sites excluding steroid dienone is 2. The number of hydrogen-bond acceptors (Lipinski definition) is 5. The fourth-order valence-corrected chi connectivity index (χ4v) is 5.86. The zero-order valence-electron chi connectivity index (χ0n) is 25.4. The molecule has 45 heavy (non-hydrogen) atoms. The van der Waals surface area contributed by atoms with E-state index in [4.69, 9.17) is 4.74 Å². The minimum absolute atomic E-state index is 0.00392. The third-order valence-electron chi connectivity index (χ3n) is 8.31. The molecule has 1 aliphatic heterocycles. The van der Waals surface area contributed by atoms with Crippen molar-refractivity contribution in [3.05, 3.63) is 120 Å². The molecule has 0 unspecified atom stereocenters. The third kappa shape index (κ3) is 8.92. The molecule has 3 N–H and O–H groups in total. The van der Waals surface area contributed by atoms with E-state index in [2.05, 4.69) is 10.3 Å². The molecule has 2 amide bonds. The summed E-state index contributed by atoms with van der Waals surface area (Å²) in [6.07, 6.45) is 7.54. The van der Waals surface area contributed by atoms with Crippen LogP contribution in [0.2, 0.25) is 0 Å². The summed E-state index contributed by atoms with van der Waals surface area (Å²) in [5, 5.41) is 13.8. The van der Waals surface area contributed by atoms with E-state index < -0.39 is 12.0 Å². The largest absolute Gasteiger partial charge is 0.463 e. The number of fused-ring (bicyclic) bond motifs is 1. The van der Waals surface area contributed by atoms with E-state index in [1.54, 1.807) is 4.90 Å². The Balaban J connectivity index is 1.37. The molecule has 4 aromatic rings. The van der Waals surface area contributed by atoms with E-state index in [1.165, 1.54) is 0 Å². The Morgan fingerprint density at radius 1 is 0.844 bits per heavy atom. The van der Waals surface area contributed by atoms with Crippen molar-refractivity contribution in [3.8, 4) is 0 Å². The van der Waals surface area contributed by atoms with Crippen molar-refractivity contribution >= 4 is 28.7 Å². The molecule has 1 aliphatic rings. The topological polar surface area (TPSA) is 112 Å². The first kappa shape index (κ1) is 31.7. The lowest BCUT2D eigenvalue weighted by molar-refractivity contribution is -0.150. The monoisotopic (exact) mass is 607 g/mol. The van der Waals surface area contributed by atoms with Crippen molar-refractivity contribution in [2.75, 3.05) is 19.8 Å². The molecule has 0 fully saturated rings. The number of amides is 2. The smallest absolute Gasteiger partial charge is 0.309 e. The van der Waals surface area contributed by atoms with Crippen LogP contribution in [0.5, 0.6) is 0 Å². The number of ether oxygens (including phenoxy) is 1. The Hall–Kier alpha value is -4.69. The zero-order valence-corrected chi connectivity index (χ0v) is 25.4. The highest BCUT2D eigenvalue weighted by atomic mass is 16.5. The van der Waals surface area contributed by atoms with Gasteiger partial charge < -0.3 is 25.0 Å². The van der Waals surface area contributed by atoms with Gasteiger partial charge in [-0.3, -0.25) is 14.4 Å². The van der Waals surface area contributed by atoms with Gasteiger partial charge in [0.2, 0.25) is 11.8 Å². The number of esters is 1. The summed E-state index contributed by atoms with van der Waals surface area (Å²) in [6, 6.07) is 26.9. The number of rotatable bonds is 10. The van der Waals surface area contributed by atoms with Crippen LogP contribution in [0.3, 0.4) is 0 Å². The van der Waals surface area contributed by atoms with Gasteiger partial charge in [-0.1, -0.05) is 91.0 Å². The third-order valence-corrected chi connectivity index (χ3v) is 8.31. The van der Waals surface area contributed by atoms with Crippen LogP contribution in [-0.4, -0.2) is 58.6 Å². The number of aliphatic hydroxyl groups is 1. The van der Waals surface area contributed by atoms with E-state index in [1.807, 2.05) is 103 Å². The zero-order chi connectivity index (χ0) is 31.4. The molecule has 8 heteroatoms. The Kier molecular flexibility index (Phi) is 11.2. The maximum absolute atomic E-state index is 13.8.